The molecule has 7 nitrogen and oxygen atoms in total. The minimum absolute atomic E-state index is 0.0670. The van der Waals surface area contributed by atoms with E-state index in [9.17, 15) is 9.59 Å². The molecule has 0 fully saturated rings. The zero-order chi connectivity index (χ0) is 19.2. The first-order chi connectivity index (χ1) is 13.0. The third-order valence-corrected chi connectivity index (χ3v) is 3.88. The van der Waals surface area contributed by atoms with E-state index in [0.29, 0.717) is 5.75 Å². The highest BCUT2D eigenvalue weighted by molar-refractivity contribution is 7.80. The van der Waals surface area contributed by atoms with Gasteiger partial charge in [0.2, 0.25) is 0 Å². The normalized spacial score (nSPS) is 11.4. The Bertz CT molecular complexity index is 972. The number of thiocarbonyl (C=S) groups is 1. The van der Waals surface area contributed by atoms with Gasteiger partial charge in [0.05, 0.1) is 6.26 Å². The number of benzene rings is 2. The lowest BCUT2D eigenvalue weighted by Gasteiger charge is -2.16. The average molecular weight is 383 g/mol. The summed E-state index contributed by atoms with van der Waals surface area (Å²) in [6.45, 7) is 1.61. The Hall–Kier alpha value is -3.39. The molecule has 0 saturated heterocycles. The lowest BCUT2D eigenvalue weighted by Crippen LogP contribution is -2.51. The van der Waals surface area contributed by atoms with Gasteiger partial charge in [-0.2, -0.15) is 0 Å². The van der Waals surface area contributed by atoms with Gasteiger partial charge in [-0.15, -0.1) is 0 Å². The number of furan rings is 1. The Morgan fingerprint density at radius 1 is 1.04 bits per heavy atom. The average Bonchev–Trinajstić information content (AvgIpc) is 3.21. The Balaban J connectivity index is 1.49. The van der Waals surface area contributed by atoms with Gasteiger partial charge in [-0.25, -0.2) is 0 Å². The molecule has 27 heavy (non-hydrogen) atoms. The maximum absolute atomic E-state index is 12.1. The second-order valence-electron chi connectivity index (χ2n) is 5.64. The molecule has 0 aliphatic rings. The molecule has 1 atom stereocenters. The number of nitrogens with one attached hydrogen (secondary N) is 3. The molecule has 3 N–H and O–H groups in total. The smallest absolute Gasteiger partial charge is 0.293 e. The predicted octanol–water partition coefficient (Wildman–Crippen LogP) is 2.54. The first kappa shape index (κ1) is 18.4. The van der Waals surface area contributed by atoms with Gasteiger partial charge >= 0.3 is 0 Å². The highest BCUT2D eigenvalue weighted by Gasteiger charge is 2.16. The van der Waals surface area contributed by atoms with Crippen LogP contribution < -0.4 is 20.9 Å². The van der Waals surface area contributed by atoms with E-state index < -0.39 is 17.9 Å². The van der Waals surface area contributed by atoms with Crippen LogP contribution in [0, 0.1) is 0 Å². The van der Waals surface area contributed by atoms with Gasteiger partial charge in [0, 0.05) is 0 Å². The molecule has 0 aliphatic heterocycles. The SMILES string of the molecule is C[C@@H](Oc1ccc2ccccc2c1)C(=O)NNC(=S)NC(=O)c1ccco1. The number of hydrogen-bond donors (Lipinski definition) is 3. The van der Waals surface area contributed by atoms with Crippen molar-refractivity contribution < 1.29 is 18.7 Å². The van der Waals surface area contributed by atoms with Crippen LogP contribution in [0.5, 0.6) is 5.75 Å². The third kappa shape index (κ3) is 4.83. The van der Waals surface area contributed by atoms with Crippen molar-refractivity contribution in [3.8, 4) is 5.75 Å². The highest BCUT2D eigenvalue weighted by atomic mass is 32.1. The summed E-state index contributed by atoms with van der Waals surface area (Å²) in [6.07, 6.45) is 0.598. The van der Waals surface area contributed by atoms with E-state index >= 15 is 0 Å². The van der Waals surface area contributed by atoms with E-state index in [1.165, 1.54) is 12.3 Å². The summed E-state index contributed by atoms with van der Waals surface area (Å²) >= 11 is 4.95. The molecule has 0 saturated carbocycles. The van der Waals surface area contributed by atoms with Crippen molar-refractivity contribution in [1.82, 2.24) is 16.2 Å². The van der Waals surface area contributed by atoms with Gasteiger partial charge in [-0.1, -0.05) is 30.3 Å². The van der Waals surface area contributed by atoms with E-state index in [0.717, 1.165) is 10.8 Å². The summed E-state index contributed by atoms with van der Waals surface area (Å²) in [5.41, 5.74) is 4.84. The number of carbonyl (C=O) groups is 2. The number of fused-ring (bicyclic) bond motifs is 1. The Kier molecular flexibility index (Phi) is 5.68. The standard InChI is InChI=1S/C19H17N3O4S/c1-12(26-15-9-8-13-5-2-3-6-14(13)11-15)17(23)21-22-19(27)20-18(24)16-7-4-10-25-16/h2-12H,1H3,(H,21,23)(H2,20,22,24,27)/t12-/m1/s1. The Morgan fingerprint density at radius 3 is 2.56 bits per heavy atom. The minimum atomic E-state index is -0.776. The molecule has 0 aliphatic carbocycles. The molecule has 8 heteroatoms. The van der Waals surface area contributed by atoms with Crippen molar-refractivity contribution in [3.63, 3.8) is 0 Å². The fraction of sp³-hybridized carbons (Fsp3) is 0.105. The van der Waals surface area contributed by atoms with Crippen LogP contribution in [0.15, 0.2) is 65.3 Å². The number of ether oxygens (including phenoxy) is 1. The fourth-order valence-electron chi connectivity index (χ4n) is 2.32. The predicted molar refractivity (Wildman–Crippen MR) is 104 cm³/mol. The maximum Gasteiger partial charge on any atom is 0.293 e. The van der Waals surface area contributed by atoms with Crippen LogP contribution in [-0.4, -0.2) is 23.0 Å². The van der Waals surface area contributed by atoms with Crippen LogP contribution in [-0.2, 0) is 4.79 Å². The number of carbonyl (C=O) groups excluding carboxylic acids is 2. The Morgan fingerprint density at radius 2 is 1.81 bits per heavy atom. The van der Waals surface area contributed by atoms with E-state index in [1.54, 1.807) is 19.1 Å². The van der Waals surface area contributed by atoms with Gasteiger partial charge in [0.25, 0.3) is 11.8 Å². The summed E-state index contributed by atoms with van der Waals surface area (Å²) in [5, 5.41) is 4.41. The third-order valence-electron chi connectivity index (χ3n) is 3.67. The minimum Gasteiger partial charge on any atom is -0.481 e. The lowest BCUT2D eigenvalue weighted by atomic mass is 10.1. The molecular weight excluding hydrogens is 366 g/mol. The van der Waals surface area contributed by atoms with Crippen molar-refractivity contribution in [2.75, 3.05) is 0 Å². The zero-order valence-corrected chi connectivity index (χ0v) is 15.2. The highest BCUT2D eigenvalue weighted by Crippen LogP contribution is 2.21. The van der Waals surface area contributed by atoms with Gasteiger partial charge in [0.1, 0.15) is 5.75 Å². The van der Waals surface area contributed by atoms with Crippen LogP contribution in [0.25, 0.3) is 10.8 Å². The molecule has 0 spiro atoms. The molecule has 3 aromatic rings. The lowest BCUT2D eigenvalue weighted by molar-refractivity contribution is -0.127. The first-order valence-electron chi connectivity index (χ1n) is 8.13. The van der Waals surface area contributed by atoms with Gasteiger partial charge in [-0.3, -0.25) is 25.8 Å². The van der Waals surface area contributed by atoms with Crippen LogP contribution in [0.1, 0.15) is 17.5 Å². The quantitative estimate of drug-likeness (QED) is 0.474. The van der Waals surface area contributed by atoms with Crippen LogP contribution >= 0.6 is 12.2 Å². The summed E-state index contributed by atoms with van der Waals surface area (Å²) in [6, 6.07) is 16.5. The van der Waals surface area contributed by atoms with Crippen molar-refractivity contribution >= 4 is 39.9 Å². The van der Waals surface area contributed by atoms with E-state index in [-0.39, 0.29) is 10.9 Å². The van der Waals surface area contributed by atoms with E-state index in [1.807, 2.05) is 36.4 Å². The summed E-state index contributed by atoms with van der Waals surface area (Å²) in [4.78, 5) is 23.9. The van der Waals surface area contributed by atoms with Crippen molar-refractivity contribution in [2.45, 2.75) is 13.0 Å². The maximum atomic E-state index is 12.1. The van der Waals surface area contributed by atoms with Crippen molar-refractivity contribution in [1.29, 1.82) is 0 Å². The van der Waals surface area contributed by atoms with Crippen molar-refractivity contribution in [3.05, 3.63) is 66.6 Å². The molecular formula is C19H17N3O4S. The second kappa shape index (κ2) is 8.33. The molecule has 0 bridgehead atoms. The number of hydrazine groups is 1. The summed E-state index contributed by atoms with van der Waals surface area (Å²) in [5.74, 6) is -0.284. The van der Waals surface area contributed by atoms with Crippen LogP contribution in [0.2, 0.25) is 0 Å². The molecule has 0 unspecified atom stereocenters. The summed E-state index contributed by atoms with van der Waals surface area (Å²) < 4.78 is 10.6. The van der Waals surface area contributed by atoms with Crippen molar-refractivity contribution in [2.24, 2.45) is 0 Å². The fourth-order valence-corrected chi connectivity index (χ4v) is 2.47. The topological polar surface area (TPSA) is 92.6 Å². The van der Waals surface area contributed by atoms with Gasteiger partial charge < -0.3 is 9.15 Å². The monoisotopic (exact) mass is 383 g/mol. The molecule has 138 valence electrons. The molecule has 2 amide bonds. The number of rotatable bonds is 4. The van der Waals surface area contributed by atoms with Gasteiger partial charge in [0.15, 0.2) is 17.0 Å². The van der Waals surface area contributed by atoms with E-state index in [4.69, 9.17) is 21.4 Å². The largest absolute Gasteiger partial charge is 0.481 e. The Labute approximate surface area is 160 Å². The second-order valence-corrected chi connectivity index (χ2v) is 6.05. The molecule has 3 rings (SSSR count). The van der Waals surface area contributed by atoms with E-state index in [2.05, 4.69) is 16.2 Å². The molecule has 1 aromatic heterocycles. The van der Waals surface area contributed by atoms with Crippen LogP contribution in [0.4, 0.5) is 0 Å². The molecule has 0 radical (unpaired) electrons. The van der Waals surface area contributed by atoms with Gasteiger partial charge in [-0.05, 0) is 54.2 Å². The summed E-state index contributed by atoms with van der Waals surface area (Å²) in [7, 11) is 0. The first-order valence-corrected chi connectivity index (χ1v) is 8.54. The number of amides is 2. The van der Waals surface area contributed by atoms with Crippen LogP contribution in [0.3, 0.4) is 0 Å². The molecule has 1 heterocycles. The molecule has 2 aromatic carbocycles. The number of hydrogen-bond acceptors (Lipinski definition) is 5. The zero-order valence-electron chi connectivity index (χ0n) is 14.4.